The average Bonchev–Trinajstić information content (AvgIpc) is 2.46. The van der Waals surface area contributed by atoms with E-state index in [1.165, 1.54) is 12.1 Å². The molecule has 0 atom stereocenters. The Labute approximate surface area is 144 Å². The molecule has 0 bridgehead atoms. The Hall–Kier alpha value is -1.76. The van der Waals surface area contributed by atoms with E-state index < -0.39 is 10.0 Å². The van der Waals surface area contributed by atoms with Crippen molar-refractivity contribution in [1.82, 2.24) is 4.83 Å². The Kier molecular flexibility index (Phi) is 5.19. The molecule has 0 spiro atoms. The molecule has 8 heteroatoms. The molecule has 0 aliphatic heterocycles. The van der Waals surface area contributed by atoms with Crippen molar-refractivity contribution in [2.75, 3.05) is 0 Å². The Bertz CT molecular complexity index is 881. The van der Waals surface area contributed by atoms with Crippen molar-refractivity contribution in [1.29, 1.82) is 0 Å². The van der Waals surface area contributed by atoms with Crippen LogP contribution in [0.4, 0.5) is 0 Å². The summed E-state index contributed by atoms with van der Waals surface area (Å²) in [5.41, 5.74) is 1.62. The Morgan fingerprint density at radius 2 is 1.87 bits per heavy atom. The standard InChI is InChI=1S/C15H14Cl2N2O3S/c1-9-3-4-10(2)14(5-9)23(21,22)19-18-8-11-6-12(16)7-13(17)15(11)20/h3-8,19-20H,1-2H3/b18-8-. The number of halogens is 2. The van der Waals surface area contributed by atoms with E-state index in [2.05, 4.69) is 9.93 Å². The fraction of sp³-hybridized carbons (Fsp3) is 0.133. The second-order valence-corrected chi connectivity index (χ2v) is 7.42. The first-order valence-corrected chi connectivity index (χ1v) is 8.75. The molecule has 0 heterocycles. The molecule has 0 aliphatic rings. The molecule has 2 aromatic carbocycles. The monoisotopic (exact) mass is 372 g/mol. The zero-order chi connectivity index (χ0) is 17.2. The number of nitrogens with zero attached hydrogens (tertiary/aromatic N) is 1. The molecule has 0 saturated carbocycles. The van der Waals surface area contributed by atoms with Gasteiger partial charge in [-0.15, -0.1) is 0 Å². The second kappa shape index (κ2) is 6.78. The summed E-state index contributed by atoms with van der Waals surface area (Å²) < 4.78 is 24.5. The Balaban J connectivity index is 2.28. The highest BCUT2D eigenvalue weighted by Crippen LogP contribution is 2.30. The number of benzene rings is 2. The maximum atomic E-state index is 12.3. The summed E-state index contributed by atoms with van der Waals surface area (Å²) in [6.07, 6.45) is 1.13. The minimum atomic E-state index is -3.81. The summed E-state index contributed by atoms with van der Waals surface area (Å²) in [5.74, 6) is -0.231. The molecule has 0 fully saturated rings. The lowest BCUT2D eigenvalue weighted by Gasteiger charge is -2.08. The number of aromatic hydroxyl groups is 1. The first-order valence-electron chi connectivity index (χ1n) is 6.51. The highest BCUT2D eigenvalue weighted by atomic mass is 35.5. The smallest absolute Gasteiger partial charge is 0.276 e. The van der Waals surface area contributed by atoms with Crippen LogP contribution in [0.25, 0.3) is 0 Å². The normalized spacial score (nSPS) is 11.8. The van der Waals surface area contributed by atoms with E-state index in [1.54, 1.807) is 26.0 Å². The van der Waals surface area contributed by atoms with E-state index in [9.17, 15) is 13.5 Å². The van der Waals surface area contributed by atoms with Crippen LogP contribution in [0.15, 0.2) is 40.3 Å². The highest BCUT2D eigenvalue weighted by Gasteiger charge is 2.16. The fourth-order valence-corrected chi connectivity index (χ4v) is 3.53. The molecular weight excluding hydrogens is 359 g/mol. The van der Waals surface area contributed by atoms with Gasteiger partial charge in [0, 0.05) is 10.6 Å². The van der Waals surface area contributed by atoms with Crippen LogP contribution in [-0.2, 0) is 10.0 Å². The quantitative estimate of drug-likeness (QED) is 0.635. The SMILES string of the molecule is Cc1ccc(C)c(S(=O)(=O)N/N=C\c2cc(Cl)cc(Cl)c2O)c1. The molecule has 0 radical (unpaired) electrons. The van der Waals surface area contributed by atoms with Crippen LogP contribution >= 0.6 is 23.2 Å². The van der Waals surface area contributed by atoms with Gasteiger partial charge < -0.3 is 5.11 Å². The van der Waals surface area contributed by atoms with Crippen LogP contribution in [0.3, 0.4) is 0 Å². The third-order valence-electron chi connectivity index (χ3n) is 3.07. The summed E-state index contributed by atoms with van der Waals surface area (Å²) in [6, 6.07) is 7.88. The predicted molar refractivity (Wildman–Crippen MR) is 92.0 cm³/mol. The van der Waals surface area contributed by atoms with Crippen molar-refractivity contribution >= 4 is 39.4 Å². The van der Waals surface area contributed by atoms with E-state index in [-0.39, 0.29) is 21.2 Å². The number of sulfonamides is 1. The van der Waals surface area contributed by atoms with Gasteiger partial charge in [-0.3, -0.25) is 0 Å². The number of hydrogen-bond acceptors (Lipinski definition) is 4. The van der Waals surface area contributed by atoms with Gasteiger partial charge in [0.05, 0.1) is 16.1 Å². The molecule has 0 amide bonds. The molecule has 2 rings (SSSR count). The number of phenolic OH excluding ortho intramolecular Hbond substituents is 1. The molecule has 2 N–H and O–H groups in total. The van der Waals surface area contributed by atoms with Crippen molar-refractivity contribution < 1.29 is 13.5 Å². The first kappa shape index (κ1) is 17.6. The van der Waals surface area contributed by atoms with Gasteiger partial charge >= 0.3 is 0 Å². The van der Waals surface area contributed by atoms with E-state index in [1.807, 2.05) is 6.07 Å². The predicted octanol–water partition coefficient (Wildman–Crippen LogP) is 3.63. The third-order valence-corrected chi connectivity index (χ3v) is 4.94. The number of aryl methyl sites for hydroxylation is 2. The first-order chi connectivity index (χ1) is 10.7. The third kappa shape index (κ3) is 4.16. The fourth-order valence-electron chi connectivity index (χ4n) is 1.90. The van der Waals surface area contributed by atoms with Crippen LogP contribution in [0.1, 0.15) is 16.7 Å². The lowest BCUT2D eigenvalue weighted by atomic mass is 10.2. The van der Waals surface area contributed by atoms with E-state index in [0.717, 1.165) is 11.8 Å². The van der Waals surface area contributed by atoms with Gasteiger partial charge in [-0.1, -0.05) is 35.3 Å². The van der Waals surface area contributed by atoms with Gasteiger partial charge in [0.1, 0.15) is 5.75 Å². The van der Waals surface area contributed by atoms with E-state index in [4.69, 9.17) is 23.2 Å². The molecule has 2 aromatic rings. The molecule has 0 saturated heterocycles. The Morgan fingerprint density at radius 3 is 2.57 bits per heavy atom. The van der Waals surface area contributed by atoms with Crippen LogP contribution in [0.5, 0.6) is 5.75 Å². The lowest BCUT2D eigenvalue weighted by Crippen LogP contribution is -2.19. The maximum Gasteiger partial charge on any atom is 0.276 e. The zero-order valence-corrected chi connectivity index (χ0v) is 14.7. The number of hydrogen-bond donors (Lipinski definition) is 2. The van der Waals surface area contributed by atoms with Crippen molar-refractivity contribution in [2.24, 2.45) is 5.10 Å². The van der Waals surface area contributed by atoms with Gasteiger partial charge in [-0.05, 0) is 43.2 Å². The topological polar surface area (TPSA) is 78.8 Å². The molecule has 0 aromatic heterocycles. The van der Waals surface area contributed by atoms with Crippen LogP contribution in [0.2, 0.25) is 10.0 Å². The van der Waals surface area contributed by atoms with Crippen molar-refractivity contribution in [3.63, 3.8) is 0 Å². The molecular formula is C15H14Cl2N2O3S. The van der Waals surface area contributed by atoms with Crippen molar-refractivity contribution in [3.8, 4) is 5.75 Å². The van der Waals surface area contributed by atoms with Crippen LogP contribution in [0, 0.1) is 13.8 Å². The van der Waals surface area contributed by atoms with E-state index in [0.29, 0.717) is 10.6 Å². The van der Waals surface area contributed by atoms with Crippen molar-refractivity contribution in [2.45, 2.75) is 18.7 Å². The summed E-state index contributed by atoms with van der Waals surface area (Å²) in [5, 5.41) is 13.8. The molecule has 0 unspecified atom stereocenters. The van der Waals surface area contributed by atoms with Crippen LogP contribution in [-0.4, -0.2) is 19.7 Å². The van der Waals surface area contributed by atoms with Gasteiger partial charge in [-0.25, -0.2) is 4.83 Å². The summed E-state index contributed by atoms with van der Waals surface area (Å²) >= 11 is 11.6. The maximum absolute atomic E-state index is 12.3. The largest absolute Gasteiger partial charge is 0.506 e. The Morgan fingerprint density at radius 1 is 1.17 bits per heavy atom. The number of hydrazone groups is 1. The average molecular weight is 373 g/mol. The van der Waals surface area contributed by atoms with Gasteiger partial charge in [0.25, 0.3) is 10.0 Å². The number of rotatable bonds is 4. The van der Waals surface area contributed by atoms with E-state index >= 15 is 0 Å². The molecule has 0 aliphatic carbocycles. The van der Waals surface area contributed by atoms with Crippen molar-refractivity contribution in [3.05, 3.63) is 57.1 Å². The second-order valence-electron chi connectivity index (χ2n) is 4.95. The zero-order valence-electron chi connectivity index (χ0n) is 12.3. The molecule has 23 heavy (non-hydrogen) atoms. The summed E-state index contributed by atoms with van der Waals surface area (Å²) in [7, 11) is -3.81. The highest BCUT2D eigenvalue weighted by molar-refractivity contribution is 7.89. The number of phenols is 1. The minimum absolute atomic E-state index is 0.0522. The van der Waals surface area contributed by atoms with Gasteiger partial charge in [-0.2, -0.15) is 13.5 Å². The molecule has 5 nitrogen and oxygen atoms in total. The summed E-state index contributed by atoms with van der Waals surface area (Å²) in [6.45, 7) is 3.49. The molecule has 122 valence electrons. The van der Waals surface area contributed by atoms with Gasteiger partial charge in [0.15, 0.2) is 0 Å². The lowest BCUT2D eigenvalue weighted by molar-refractivity contribution is 0.474. The number of nitrogens with one attached hydrogen (secondary N) is 1. The van der Waals surface area contributed by atoms with Crippen LogP contribution < -0.4 is 4.83 Å². The minimum Gasteiger partial charge on any atom is -0.506 e. The van der Waals surface area contributed by atoms with Gasteiger partial charge in [0.2, 0.25) is 0 Å². The summed E-state index contributed by atoms with van der Waals surface area (Å²) in [4.78, 5) is 2.24.